The summed E-state index contributed by atoms with van der Waals surface area (Å²) in [4.78, 5) is 41.8. The van der Waals surface area contributed by atoms with Gasteiger partial charge in [0.1, 0.15) is 5.54 Å². The third-order valence-corrected chi connectivity index (χ3v) is 8.06. The molecule has 1 fully saturated rings. The van der Waals surface area contributed by atoms with E-state index in [4.69, 9.17) is 9.84 Å². The van der Waals surface area contributed by atoms with Gasteiger partial charge in [-0.1, -0.05) is 31.0 Å². The molecule has 4 aromatic rings. The quantitative estimate of drug-likeness (QED) is 0.204. The molecule has 0 radical (unpaired) electrons. The molecule has 0 aliphatic heterocycles. The topological polar surface area (TPSA) is 123 Å². The fourth-order valence-corrected chi connectivity index (χ4v) is 5.77. The second-order valence-electron chi connectivity index (χ2n) is 11.5. The fourth-order valence-electron chi connectivity index (χ4n) is 5.77. The number of nitrogens with zero attached hydrogens (tertiary/aromatic N) is 2. The van der Waals surface area contributed by atoms with Crippen LogP contribution in [0, 0.1) is 0 Å². The van der Waals surface area contributed by atoms with Gasteiger partial charge in [0.15, 0.2) is 0 Å². The zero-order chi connectivity index (χ0) is 30.7. The molecule has 2 aromatic heterocycles. The van der Waals surface area contributed by atoms with Crippen molar-refractivity contribution >= 4 is 40.4 Å². The second-order valence-corrected chi connectivity index (χ2v) is 11.5. The zero-order valence-electron chi connectivity index (χ0n) is 24.8. The Labute approximate surface area is 250 Å². The average Bonchev–Trinajstić information content (AvgIpc) is 3.62. The number of ether oxygens (including phenoxy) is 1. The number of aromatic nitrogens is 2. The summed E-state index contributed by atoms with van der Waals surface area (Å²) in [7, 11) is 3.61. The number of aryl methyl sites for hydroxylation is 1. The minimum atomic E-state index is -1.21. The molecule has 2 amide bonds. The van der Waals surface area contributed by atoms with E-state index < -0.39 is 11.5 Å². The number of carbonyl (C=O) groups excluding carboxylic acids is 2. The Bertz CT molecular complexity index is 1700. The first-order chi connectivity index (χ1) is 20.6. The standard InChI is InChI=1S/C34H36N4O5/c1-34(2,33(42)36-25-14-9-21(10-15-25)11-18-29(39)40)37-32(41)23-12-16-26-27(19-23)38(3)31(30(26)22-7-5-6-8-22)24-13-17-28(43-4)35-20-24/h9-20,22H,5-8H2,1-4H3,(H,36,42)(H,37,41)(H,39,40)/b18-11+. The van der Waals surface area contributed by atoms with E-state index in [2.05, 4.69) is 20.2 Å². The van der Waals surface area contributed by atoms with E-state index in [1.807, 2.05) is 43.6 Å². The minimum Gasteiger partial charge on any atom is -0.481 e. The van der Waals surface area contributed by atoms with Crippen LogP contribution in [0.2, 0.25) is 0 Å². The van der Waals surface area contributed by atoms with Crippen molar-refractivity contribution < 1.29 is 24.2 Å². The van der Waals surface area contributed by atoms with Crippen LogP contribution in [-0.4, -0.2) is 45.1 Å². The van der Waals surface area contributed by atoms with Gasteiger partial charge in [-0.3, -0.25) is 9.59 Å². The van der Waals surface area contributed by atoms with Gasteiger partial charge in [-0.15, -0.1) is 0 Å². The van der Waals surface area contributed by atoms with Crippen LogP contribution in [0.1, 0.15) is 66.9 Å². The van der Waals surface area contributed by atoms with E-state index in [9.17, 15) is 14.4 Å². The molecular weight excluding hydrogens is 544 g/mol. The Kier molecular flexibility index (Phi) is 8.34. The highest BCUT2D eigenvalue weighted by Gasteiger charge is 2.31. The molecule has 2 heterocycles. The summed E-state index contributed by atoms with van der Waals surface area (Å²) in [5.74, 6) is -0.781. The summed E-state index contributed by atoms with van der Waals surface area (Å²) in [6, 6.07) is 16.4. The molecule has 43 heavy (non-hydrogen) atoms. The second kappa shape index (κ2) is 12.1. The van der Waals surface area contributed by atoms with E-state index in [1.54, 1.807) is 45.2 Å². The molecule has 1 aliphatic rings. The van der Waals surface area contributed by atoms with Crippen LogP contribution in [0.4, 0.5) is 5.69 Å². The molecule has 0 saturated heterocycles. The number of carboxylic acid groups (broad SMARTS) is 1. The van der Waals surface area contributed by atoms with E-state index in [-0.39, 0.29) is 11.8 Å². The van der Waals surface area contributed by atoms with Gasteiger partial charge in [-0.25, -0.2) is 9.78 Å². The number of benzene rings is 2. The molecule has 0 unspecified atom stereocenters. The number of anilines is 1. The fraction of sp³-hybridized carbons (Fsp3) is 0.294. The number of hydrogen-bond acceptors (Lipinski definition) is 5. The molecular formula is C34H36N4O5. The van der Waals surface area contributed by atoms with Crippen LogP contribution in [0.15, 0.2) is 66.9 Å². The third kappa shape index (κ3) is 6.30. The molecule has 222 valence electrons. The number of fused-ring (bicyclic) bond motifs is 1. The summed E-state index contributed by atoms with van der Waals surface area (Å²) in [6.45, 7) is 3.30. The molecule has 9 nitrogen and oxygen atoms in total. The van der Waals surface area contributed by atoms with Crippen molar-refractivity contribution in [2.45, 2.75) is 51.0 Å². The highest BCUT2D eigenvalue weighted by molar-refractivity contribution is 6.05. The number of rotatable bonds is 9. The van der Waals surface area contributed by atoms with Gasteiger partial charge in [-0.2, -0.15) is 0 Å². The predicted octanol–water partition coefficient (Wildman–Crippen LogP) is 6.15. The predicted molar refractivity (Wildman–Crippen MR) is 167 cm³/mol. The maximum atomic E-state index is 13.5. The molecule has 1 saturated carbocycles. The molecule has 0 atom stereocenters. The van der Waals surface area contributed by atoms with Crippen molar-refractivity contribution in [1.29, 1.82) is 0 Å². The maximum absolute atomic E-state index is 13.5. The molecule has 3 N–H and O–H groups in total. The van der Waals surface area contributed by atoms with Gasteiger partial charge >= 0.3 is 5.97 Å². The first-order valence-corrected chi connectivity index (χ1v) is 14.3. The number of carboxylic acids is 1. The summed E-state index contributed by atoms with van der Waals surface area (Å²) in [5, 5.41) is 15.6. The summed E-state index contributed by atoms with van der Waals surface area (Å²) >= 11 is 0. The number of pyridine rings is 1. The monoisotopic (exact) mass is 580 g/mol. The molecule has 9 heteroatoms. The first-order valence-electron chi connectivity index (χ1n) is 14.3. The van der Waals surface area contributed by atoms with Crippen LogP contribution in [0.3, 0.4) is 0 Å². The highest BCUT2D eigenvalue weighted by atomic mass is 16.5. The first kappa shape index (κ1) is 29.6. The average molecular weight is 581 g/mol. The third-order valence-electron chi connectivity index (χ3n) is 8.06. The number of carbonyl (C=O) groups is 3. The minimum absolute atomic E-state index is 0.354. The van der Waals surface area contributed by atoms with Crippen LogP contribution < -0.4 is 15.4 Å². The molecule has 2 aromatic carbocycles. The maximum Gasteiger partial charge on any atom is 0.328 e. The number of hydrogen-bond donors (Lipinski definition) is 3. The summed E-state index contributed by atoms with van der Waals surface area (Å²) < 4.78 is 7.40. The molecule has 0 spiro atoms. The van der Waals surface area contributed by atoms with Gasteiger partial charge in [0, 0.05) is 53.1 Å². The number of amides is 2. The smallest absolute Gasteiger partial charge is 0.328 e. The lowest BCUT2D eigenvalue weighted by atomic mass is 9.92. The van der Waals surface area contributed by atoms with Crippen LogP contribution in [-0.2, 0) is 16.6 Å². The number of aliphatic carboxylic acids is 1. The van der Waals surface area contributed by atoms with Crippen molar-refractivity contribution in [3.05, 3.63) is 83.6 Å². The lowest BCUT2D eigenvalue weighted by Crippen LogP contribution is -2.52. The lowest BCUT2D eigenvalue weighted by molar-refractivity contribution is -0.131. The van der Waals surface area contributed by atoms with Crippen molar-refractivity contribution in [3.8, 4) is 17.1 Å². The van der Waals surface area contributed by atoms with Crippen molar-refractivity contribution in [2.75, 3.05) is 12.4 Å². The van der Waals surface area contributed by atoms with E-state index in [0.717, 1.165) is 41.1 Å². The number of methoxy groups -OCH3 is 1. The Balaban J connectivity index is 1.39. The normalized spacial score (nSPS) is 13.9. The highest BCUT2D eigenvalue weighted by Crippen LogP contribution is 2.44. The Morgan fingerprint density at radius 3 is 2.40 bits per heavy atom. The van der Waals surface area contributed by atoms with Crippen molar-refractivity contribution in [1.82, 2.24) is 14.9 Å². The van der Waals surface area contributed by atoms with Crippen molar-refractivity contribution in [2.24, 2.45) is 7.05 Å². The lowest BCUT2D eigenvalue weighted by Gasteiger charge is -2.25. The van der Waals surface area contributed by atoms with Crippen molar-refractivity contribution in [3.63, 3.8) is 0 Å². The summed E-state index contributed by atoms with van der Waals surface area (Å²) in [6.07, 6.45) is 9.00. The van der Waals surface area contributed by atoms with E-state index >= 15 is 0 Å². The molecule has 0 bridgehead atoms. The van der Waals surface area contributed by atoms with Gasteiger partial charge < -0.3 is 25.0 Å². The molecule has 5 rings (SSSR count). The van der Waals surface area contributed by atoms with Gasteiger partial charge in [0.05, 0.1) is 12.8 Å². The molecule has 1 aliphatic carbocycles. The SMILES string of the molecule is COc1ccc(-c2c(C3CCCC3)c3ccc(C(=O)NC(C)(C)C(=O)Nc4ccc(/C=C/C(=O)O)cc4)cc3n2C)cn1. The van der Waals surface area contributed by atoms with Crippen LogP contribution >= 0.6 is 0 Å². The largest absolute Gasteiger partial charge is 0.481 e. The Hall–Kier alpha value is -4.92. The summed E-state index contributed by atoms with van der Waals surface area (Å²) in [5.41, 5.74) is 4.79. The van der Waals surface area contributed by atoms with Crippen LogP contribution in [0.5, 0.6) is 5.88 Å². The Morgan fingerprint density at radius 2 is 1.77 bits per heavy atom. The van der Waals surface area contributed by atoms with E-state index in [1.165, 1.54) is 24.5 Å². The van der Waals surface area contributed by atoms with Gasteiger partial charge in [0.25, 0.3) is 5.91 Å². The zero-order valence-corrected chi connectivity index (χ0v) is 24.8. The van der Waals surface area contributed by atoms with Crippen LogP contribution in [0.25, 0.3) is 28.2 Å². The van der Waals surface area contributed by atoms with E-state index in [0.29, 0.717) is 28.6 Å². The van der Waals surface area contributed by atoms with Gasteiger partial charge in [0.2, 0.25) is 11.8 Å². The van der Waals surface area contributed by atoms with Gasteiger partial charge in [-0.05, 0) is 80.1 Å². The number of nitrogens with one attached hydrogen (secondary N) is 2. The Morgan fingerprint density at radius 1 is 1.05 bits per heavy atom.